The van der Waals surface area contributed by atoms with Crippen molar-refractivity contribution >= 4 is 17.9 Å². The summed E-state index contributed by atoms with van der Waals surface area (Å²) in [5.74, 6) is -2.47. The van der Waals surface area contributed by atoms with Gasteiger partial charge in [0.25, 0.3) is 0 Å². The average molecular weight is 186 g/mol. The van der Waals surface area contributed by atoms with E-state index in [1.54, 1.807) is 0 Å². The lowest BCUT2D eigenvalue weighted by atomic mass is 9.96. The van der Waals surface area contributed by atoms with Crippen LogP contribution in [-0.2, 0) is 19.1 Å². The standard InChI is InChI=1S/C8H10O5/c9-6(10)3-1-5-2-4-7(11)13-8(5)12/h5H,1-4H2,(H,9,10). The summed E-state index contributed by atoms with van der Waals surface area (Å²) in [6, 6.07) is 0. The van der Waals surface area contributed by atoms with Crippen LogP contribution in [0.15, 0.2) is 0 Å². The minimum absolute atomic E-state index is 0.0616. The van der Waals surface area contributed by atoms with Crippen LogP contribution in [0.5, 0.6) is 0 Å². The third-order valence-electron chi connectivity index (χ3n) is 1.95. The Morgan fingerprint density at radius 3 is 2.77 bits per heavy atom. The van der Waals surface area contributed by atoms with Gasteiger partial charge in [0.15, 0.2) is 0 Å². The second-order valence-corrected chi connectivity index (χ2v) is 2.96. The minimum Gasteiger partial charge on any atom is -0.481 e. The number of cyclic esters (lactones) is 2. The largest absolute Gasteiger partial charge is 0.481 e. The van der Waals surface area contributed by atoms with E-state index >= 15 is 0 Å². The summed E-state index contributed by atoms with van der Waals surface area (Å²) >= 11 is 0. The molecule has 5 heteroatoms. The first-order chi connectivity index (χ1) is 6.09. The Balaban J connectivity index is 2.38. The lowest BCUT2D eigenvalue weighted by molar-refractivity contribution is -0.167. The van der Waals surface area contributed by atoms with E-state index in [0.29, 0.717) is 6.42 Å². The van der Waals surface area contributed by atoms with Gasteiger partial charge in [-0.3, -0.25) is 14.4 Å². The fourth-order valence-electron chi connectivity index (χ4n) is 1.22. The van der Waals surface area contributed by atoms with Crippen LogP contribution in [0, 0.1) is 5.92 Å². The highest BCUT2D eigenvalue weighted by Crippen LogP contribution is 2.20. The van der Waals surface area contributed by atoms with Crippen LogP contribution in [0.3, 0.4) is 0 Å². The fourth-order valence-corrected chi connectivity index (χ4v) is 1.22. The molecule has 72 valence electrons. The summed E-state index contributed by atoms with van der Waals surface area (Å²) < 4.78 is 4.36. The maximum Gasteiger partial charge on any atom is 0.316 e. The zero-order chi connectivity index (χ0) is 9.84. The van der Waals surface area contributed by atoms with Gasteiger partial charge in [0, 0.05) is 12.8 Å². The second-order valence-electron chi connectivity index (χ2n) is 2.96. The summed E-state index contributed by atoms with van der Waals surface area (Å²) in [5, 5.41) is 8.36. The SMILES string of the molecule is O=C(O)CCC1CCC(=O)OC1=O. The van der Waals surface area contributed by atoms with Crippen LogP contribution in [0.25, 0.3) is 0 Å². The van der Waals surface area contributed by atoms with Crippen LogP contribution in [0.4, 0.5) is 0 Å². The Hall–Kier alpha value is -1.39. The molecule has 1 aliphatic rings. The molecular weight excluding hydrogens is 176 g/mol. The van der Waals surface area contributed by atoms with Crippen molar-refractivity contribution in [2.75, 3.05) is 0 Å². The number of rotatable bonds is 3. The van der Waals surface area contributed by atoms with Crippen LogP contribution < -0.4 is 0 Å². The van der Waals surface area contributed by atoms with E-state index in [0.717, 1.165) is 0 Å². The van der Waals surface area contributed by atoms with Crippen LogP contribution >= 0.6 is 0 Å². The first-order valence-corrected chi connectivity index (χ1v) is 4.06. The van der Waals surface area contributed by atoms with E-state index in [2.05, 4.69) is 4.74 Å². The first-order valence-electron chi connectivity index (χ1n) is 4.06. The van der Waals surface area contributed by atoms with Crippen molar-refractivity contribution in [3.05, 3.63) is 0 Å². The predicted octanol–water partition coefficient (Wildman–Crippen LogP) is 0.331. The molecule has 1 unspecified atom stereocenters. The van der Waals surface area contributed by atoms with Gasteiger partial charge in [0.1, 0.15) is 0 Å². The van der Waals surface area contributed by atoms with Gasteiger partial charge in [0.05, 0.1) is 5.92 Å². The molecule has 0 bridgehead atoms. The van der Waals surface area contributed by atoms with Crippen molar-refractivity contribution in [3.8, 4) is 0 Å². The van der Waals surface area contributed by atoms with Gasteiger partial charge in [0.2, 0.25) is 0 Å². The number of carboxylic acid groups (broad SMARTS) is 1. The molecule has 1 atom stereocenters. The Labute approximate surface area is 74.7 Å². The highest BCUT2D eigenvalue weighted by molar-refractivity contribution is 5.89. The number of ether oxygens (including phenoxy) is 1. The van der Waals surface area contributed by atoms with Crippen LogP contribution in [0.1, 0.15) is 25.7 Å². The average Bonchev–Trinajstić information content (AvgIpc) is 2.02. The molecule has 1 saturated heterocycles. The van der Waals surface area contributed by atoms with Gasteiger partial charge in [-0.15, -0.1) is 0 Å². The Bertz CT molecular complexity index is 245. The minimum atomic E-state index is -0.940. The summed E-state index contributed by atoms with van der Waals surface area (Å²) in [4.78, 5) is 31.8. The Morgan fingerprint density at radius 1 is 1.54 bits per heavy atom. The molecule has 0 aromatic heterocycles. The van der Waals surface area contributed by atoms with Crippen molar-refractivity contribution in [1.82, 2.24) is 0 Å². The van der Waals surface area contributed by atoms with E-state index < -0.39 is 23.8 Å². The maximum absolute atomic E-state index is 11.0. The third kappa shape index (κ3) is 2.85. The molecule has 1 heterocycles. The molecule has 0 aliphatic carbocycles. The molecule has 5 nitrogen and oxygen atoms in total. The monoisotopic (exact) mass is 186 g/mol. The van der Waals surface area contributed by atoms with E-state index in [1.807, 2.05) is 0 Å². The molecule has 0 aromatic carbocycles. The molecule has 1 N–H and O–H groups in total. The van der Waals surface area contributed by atoms with Gasteiger partial charge >= 0.3 is 17.9 Å². The number of carbonyl (C=O) groups is 3. The number of carboxylic acids is 1. The first kappa shape index (κ1) is 9.70. The van der Waals surface area contributed by atoms with Crippen molar-refractivity contribution in [3.63, 3.8) is 0 Å². The molecular formula is C8H10O5. The molecule has 0 radical (unpaired) electrons. The van der Waals surface area contributed by atoms with Gasteiger partial charge in [-0.25, -0.2) is 0 Å². The molecule has 0 spiro atoms. The van der Waals surface area contributed by atoms with Gasteiger partial charge in [-0.1, -0.05) is 0 Å². The quantitative estimate of drug-likeness (QED) is 0.507. The van der Waals surface area contributed by atoms with Gasteiger partial charge < -0.3 is 9.84 Å². The van der Waals surface area contributed by atoms with Crippen molar-refractivity contribution < 1.29 is 24.2 Å². The fraction of sp³-hybridized carbons (Fsp3) is 0.625. The second kappa shape index (κ2) is 4.02. The van der Waals surface area contributed by atoms with Crippen LogP contribution in [-0.4, -0.2) is 23.0 Å². The zero-order valence-corrected chi connectivity index (χ0v) is 6.99. The molecule has 1 rings (SSSR count). The molecule has 1 fully saturated rings. The molecule has 0 saturated carbocycles. The third-order valence-corrected chi connectivity index (χ3v) is 1.95. The summed E-state index contributed by atoms with van der Waals surface area (Å²) in [6.07, 6.45) is 0.802. The number of esters is 2. The lowest BCUT2D eigenvalue weighted by Gasteiger charge is -2.18. The topological polar surface area (TPSA) is 80.7 Å². The van der Waals surface area contributed by atoms with Crippen molar-refractivity contribution in [2.24, 2.45) is 5.92 Å². The Kier molecular flexibility index (Phi) is 3.00. The number of aliphatic carboxylic acids is 1. The summed E-state index contributed by atoms with van der Waals surface area (Å²) in [7, 11) is 0. The highest BCUT2D eigenvalue weighted by Gasteiger charge is 2.28. The van der Waals surface area contributed by atoms with Gasteiger partial charge in [-0.2, -0.15) is 0 Å². The molecule has 1 aliphatic heterocycles. The Morgan fingerprint density at radius 2 is 2.23 bits per heavy atom. The maximum atomic E-state index is 11.0. The lowest BCUT2D eigenvalue weighted by Crippen LogP contribution is -2.28. The normalized spacial score (nSPS) is 22.6. The number of hydrogen-bond acceptors (Lipinski definition) is 4. The summed E-state index contributed by atoms with van der Waals surface area (Å²) in [6.45, 7) is 0. The molecule has 0 amide bonds. The zero-order valence-electron chi connectivity index (χ0n) is 6.99. The van der Waals surface area contributed by atoms with E-state index in [9.17, 15) is 14.4 Å². The number of carbonyl (C=O) groups excluding carboxylic acids is 2. The van der Waals surface area contributed by atoms with Gasteiger partial charge in [-0.05, 0) is 12.8 Å². The van der Waals surface area contributed by atoms with E-state index in [1.165, 1.54) is 0 Å². The predicted molar refractivity (Wildman–Crippen MR) is 40.7 cm³/mol. The summed E-state index contributed by atoms with van der Waals surface area (Å²) in [5.41, 5.74) is 0. The molecule has 0 aromatic rings. The highest BCUT2D eigenvalue weighted by atomic mass is 16.6. The smallest absolute Gasteiger partial charge is 0.316 e. The van der Waals surface area contributed by atoms with Crippen molar-refractivity contribution in [2.45, 2.75) is 25.7 Å². The van der Waals surface area contributed by atoms with Crippen molar-refractivity contribution in [1.29, 1.82) is 0 Å². The number of hydrogen-bond donors (Lipinski definition) is 1. The van der Waals surface area contributed by atoms with Crippen LogP contribution in [0.2, 0.25) is 0 Å². The van der Waals surface area contributed by atoms with E-state index in [-0.39, 0.29) is 19.3 Å². The molecule has 13 heavy (non-hydrogen) atoms. The van der Waals surface area contributed by atoms with E-state index in [4.69, 9.17) is 5.11 Å².